The summed E-state index contributed by atoms with van der Waals surface area (Å²) in [6.07, 6.45) is 2.31. The van der Waals surface area contributed by atoms with Crippen molar-refractivity contribution in [2.24, 2.45) is 5.92 Å². The van der Waals surface area contributed by atoms with Crippen LogP contribution in [0.3, 0.4) is 0 Å². The van der Waals surface area contributed by atoms with Crippen molar-refractivity contribution >= 4 is 17.5 Å². The first-order chi connectivity index (χ1) is 18.0. The van der Waals surface area contributed by atoms with Crippen molar-refractivity contribution in [1.29, 1.82) is 0 Å². The Morgan fingerprint density at radius 3 is 2.24 bits per heavy atom. The van der Waals surface area contributed by atoms with E-state index in [9.17, 15) is 9.59 Å². The highest BCUT2D eigenvalue weighted by atomic mass is 16.5. The Labute approximate surface area is 216 Å². The van der Waals surface area contributed by atoms with Gasteiger partial charge in [-0.05, 0) is 36.2 Å². The Hall–Kier alpha value is -4.27. The van der Waals surface area contributed by atoms with Gasteiger partial charge in [0.15, 0.2) is 11.5 Å². The molecule has 0 bridgehead atoms. The topological polar surface area (TPSA) is 99.2 Å². The second-order valence-corrected chi connectivity index (χ2v) is 8.55. The molecular formula is C28H31N3O6. The van der Waals surface area contributed by atoms with Crippen LogP contribution in [0.1, 0.15) is 30.1 Å². The summed E-state index contributed by atoms with van der Waals surface area (Å²) in [5, 5.41) is 3.01. The third kappa shape index (κ3) is 5.45. The zero-order chi connectivity index (χ0) is 26.4. The molecule has 2 amide bonds. The summed E-state index contributed by atoms with van der Waals surface area (Å²) in [6.45, 7) is 0.295. The summed E-state index contributed by atoms with van der Waals surface area (Å²) < 4.78 is 21.8. The second-order valence-electron chi connectivity index (χ2n) is 8.55. The molecule has 37 heavy (non-hydrogen) atoms. The Bertz CT molecular complexity index is 1210. The molecule has 0 radical (unpaired) electrons. The van der Waals surface area contributed by atoms with Crippen LogP contribution in [-0.4, -0.2) is 45.2 Å². The number of benzene rings is 2. The minimum absolute atomic E-state index is 0.108. The number of carbonyl (C=O) groups excluding carboxylic acids is 2. The zero-order valence-corrected chi connectivity index (χ0v) is 21.4. The summed E-state index contributed by atoms with van der Waals surface area (Å²) >= 11 is 0. The Balaban J connectivity index is 1.76. The first kappa shape index (κ1) is 25.8. The molecule has 2 aromatic carbocycles. The molecule has 2 heterocycles. The van der Waals surface area contributed by atoms with Gasteiger partial charge in [0.2, 0.25) is 17.6 Å². The van der Waals surface area contributed by atoms with Crippen LogP contribution in [0.25, 0.3) is 0 Å². The molecule has 0 saturated carbocycles. The number of piperidine rings is 1. The fourth-order valence-corrected chi connectivity index (χ4v) is 4.67. The van der Waals surface area contributed by atoms with Crippen molar-refractivity contribution in [2.75, 3.05) is 33.3 Å². The normalized spacial score (nSPS) is 17.2. The Morgan fingerprint density at radius 1 is 0.973 bits per heavy atom. The maximum absolute atomic E-state index is 13.5. The summed E-state index contributed by atoms with van der Waals surface area (Å²) in [7, 11) is 6.16. The first-order valence-corrected chi connectivity index (χ1v) is 11.9. The number of amides is 2. The van der Waals surface area contributed by atoms with E-state index in [1.807, 2.05) is 42.5 Å². The van der Waals surface area contributed by atoms with Crippen LogP contribution in [0, 0.1) is 5.92 Å². The molecule has 1 fully saturated rings. The van der Waals surface area contributed by atoms with Gasteiger partial charge in [0.05, 0.1) is 58.3 Å². The van der Waals surface area contributed by atoms with Crippen molar-refractivity contribution in [3.63, 3.8) is 0 Å². The number of carbonyl (C=O) groups is 2. The fraction of sp³-hybridized carbons (Fsp3) is 0.321. The summed E-state index contributed by atoms with van der Waals surface area (Å²) in [5.41, 5.74) is 2.10. The summed E-state index contributed by atoms with van der Waals surface area (Å²) in [6, 6.07) is 15.8. The highest BCUT2D eigenvalue weighted by Crippen LogP contribution is 2.46. The van der Waals surface area contributed by atoms with E-state index < -0.39 is 12.0 Å². The SMILES string of the molecule is COc1ccc([C@H]2[C@@H](C(=O)NCc3ccccn3)CCC(=O)N2c2cc(OC)c(OC)c(OC)c2)cc1. The summed E-state index contributed by atoms with van der Waals surface area (Å²) in [4.78, 5) is 32.9. The van der Waals surface area contributed by atoms with E-state index in [-0.39, 0.29) is 18.2 Å². The average molecular weight is 506 g/mol. The number of hydrogen-bond donors (Lipinski definition) is 1. The molecule has 1 aliphatic heterocycles. The van der Waals surface area contributed by atoms with E-state index in [4.69, 9.17) is 18.9 Å². The van der Waals surface area contributed by atoms with Gasteiger partial charge >= 0.3 is 0 Å². The highest BCUT2D eigenvalue weighted by Gasteiger charge is 2.42. The van der Waals surface area contributed by atoms with Gasteiger partial charge < -0.3 is 29.2 Å². The molecule has 1 aliphatic rings. The maximum Gasteiger partial charge on any atom is 0.227 e. The van der Waals surface area contributed by atoms with Crippen molar-refractivity contribution in [2.45, 2.75) is 25.4 Å². The van der Waals surface area contributed by atoms with Crippen LogP contribution in [-0.2, 0) is 16.1 Å². The van der Waals surface area contributed by atoms with Crippen molar-refractivity contribution in [1.82, 2.24) is 10.3 Å². The van der Waals surface area contributed by atoms with Crippen molar-refractivity contribution in [3.05, 3.63) is 72.1 Å². The van der Waals surface area contributed by atoms with E-state index in [1.54, 1.807) is 30.3 Å². The number of pyridine rings is 1. The molecule has 0 spiro atoms. The van der Waals surface area contributed by atoms with Crippen LogP contribution in [0.15, 0.2) is 60.8 Å². The van der Waals surface area contributed by atoms with E-state index in [0.717, 1.165) is 11.3 Å². The Kier molecular flexibility index (Phi) is 8.12. The van der Waals surface area contributed by atoms with Gasteiger partial charge in [0.1, 0.15) is 5.75 Å². The van der Waals surface area contributed by atoms with Crippen LogP contribution < -0.4 is 29.2 Å². The van der Waals surface area contributed by atoms with Gasteiger partial charge in [-0.1, -0.05) is 18.2 Å². The zero-order valence-electron chi connectivity index (χ0n) is 21.4. The lowest BCUT2D eigenvalue weighted by atomic mass is 9.83. The lowest BCUT2D eigenvalue weighted by Crippen LogP contribution is -2.48. The largest absolute Gasteiger partial charge is 0.497 e. The standard InChI is InChI=1S/C28H31N3O6/c1-34-21-10-8-18(9-11-21)26-22(28(33)30-17-19-7-5-6-14-29-19)12-13-25(32)31(26)20-15-23(35-2)27(37-4)24(16-20)36-3/h5-11,14-16,22,26H,12-13,17H2,1-4H3,(H,30,33)/t22-,26-/m0/s1. The van der Waals surface area contributed by atoms with Crippen LogP contribution in [0.5, 0.6) is 23.0 Å². The predicted molar refractivity (Wildman–Crippen MR) is 138 cm³/mol. The minimum Gasteiger partial charge on any atom is -0.497 e. The van der Waals surface area contributed by atoms with Gasteiger partial charge in [-0.25, -0.2) is 0 Å². The molecule has 0 unspecified atom stereocenters. The van der Waals surface area contributed by atoms with Gasteiger partial charge in [0.25, 0.3) is 0 Å². The maximum atomic E-state index is 13.5. The van der Waals surface area contributed by atoms with Gasteiger partial charge in [-0.15, -0.1) is 0 Å². The first-order valence-electron chi connectivity index (χ1n) is 11.9. The van der Waals surface area contributed by atoms with Crippen molar-refractivity contribution in [3.8, 4) is 23.0 Å². The van der Waals surface area contributed by atoms with Crippen LogP contribution >= 0.6 is 0 Å². The quantitative estimate of drug-likeness (QED) is 0.471. The van der Waals surface area contributed by atoms with E-state index in [0.29, 0.717) is 41.7 Å². The molecule has 4 rings (SSSR count). The smallest absolute Gasteiger partial charge is 0.227 e. The molecule has 3 aromatic rings. The van der Waals surface area contributed by atoms with Crippen LogP contribution in [0.4, 0.5) is 5.69 Å². The van der Waals surface area contributed by atoms with E-state index in [1.165, 1.54) is 21.3 Å². The number of hydrogen-bond acceptors (Lipinski definition) is 7. The molecule has 1 aromatic heterocycles. The number of aromatic nitrogens is 1. The third-order valence-corrected chi connectivity index (χ3v) is 6.49. The lowest BCUT2D eigenvalue weighted by molar-refractivity contribution is -0.129. The highest BCUT2D eigenvalue weighted by molar-refractivity contribution is 5.98. The number of nitrogens with zero attached hydrogens (tertiary/aromatic N) is 2. The molecule has 194 valence electrons. The monoisotopic (exact) mass is 505 g/mol. The molecule has 9 heteroatoms. The molecule has 1 N–H and O–H groups in total. The number of anilines is 1. The van der Waals surface area contributed by atoms with E-state index in [2.05, 4.69) is 10.3 Å². The van der Waals surface area contributed by atoms with E-state index >= 15 is 0 Å². The predicted octanol–water partition coefficient (Wildman–Crippen LogP) is 3.92. The molecule has 0 aliphatic carbocycles. The molecule has 9 nitrogen and oxygen atoms in total. The second kappa shape index (κ2) is 11.6. The Morgan fingerprint density at radius 2 is 1.68 bits per heavy atom. The number of ether oxygens (including phenoxy) is 4. The van der Waals surface area contributed by atoms with Gasteiger partial charge in [-0.2, -0.15) is 0 Å². The number of rotatable bonds is 9. The van der Waals surface area contributed by atoms with Crippen molar-refractivity contribution < 1.29 is 28.5 Å². The lowest BCUT2D eigenvalue weighted by Gasteiger charge is -2.41. The van der Waals surface area contributed by atoms with Gasteiger partial charge in [0, 0.05) is 24.8 Å². The fourth-order valence-electron chi connectivity index (χ4n) is 4.67. The number of methoxy groups -OCH3 is 4. The molecule has 2 atom stereocenters. The average Bonchev–Trinajstić information content (AvgIpc) is 2.95. The van der Waals surface area contributed by atoms with Crippen LogP contribution in [0.2, 0.25) is 0 Å². The number of nitrogens with one attached hydrogen (secondary N) is 1. The summed E-state index contributed by atoms with van der Waals surface area (Å²) in [5.74, 6) is 1.17. The minimum atomic E-state index is -0.571. The molecular weight excluding hydrogens is 474 g/mol. The third-order valence-electron chi connectivity index (χ3n) is 6.49. The van der Waals surface area contributed by atoms with Gasteiger partial charge in [-0.3, -0.25) is 14.6 Å². The molecule has 1 saturated heterocycles.